The highest BCUT2D eigenvalue weighted by Crippen LogP contribution is 2.21. The van der Waals surface area contributed by atoms with Gasteiger partial charge >= 0.3 is 0 Å². The normalized spacial score (nSPS) is 16.8. The molecule has 2 atom stereocenters. The van der Waals surface area contributed by atoms with E-state index in [0.717, 1.165) is 5.92 Å². The van der Waals surface area contributed by atoms with Crippen LogP contribution < -0.4 is 0 Å². The Kier molecular flexibility index (Phi) is 6.50. The van der Waals surface area contributed by atoms with E-state index in [1.807, 2.05) is 0 Å². The lowest BCUT2D eigenvalue weighted by Crippen LogP contribution is -2.09. The summed E-state index contributed by atoms with van der Waals surface area (Å²) in [5.41, 5.74) is 0. The molecule has 0 nitrogen and oxygen atoms in total. The molecule has 0 N–H and O–H groups in total. The van der Waals surface area contributed by atoms with Crippen LogP contribution >= 0.6 is 15.9 Å². The molecule has 10 heavy (non-hydrogen) atoms. The summed E-state index contributed by atoms with van der Waals surface area (Å²) in [7, 11) is 0. The van der Waals surface area contributed by atoms with Crippen molar-refractivity contribution >= 4 is 15.9 Å². The highest BCUT2D eigenvalue weighted by Gasteiger charge is 2.10. The summed E-state index contributed by atoms with van der Waals surface area (Å²) in [5.74, 6) is 0.889. The minimum Gasteiger partial charge on any atom is -0.0891 e. The van der Waals surface area contributed by atoms with Crippen molar-refractivity contribution in [1.29, 1.82) is 0 Å². The van der Waals surface area contributed by atoms with E-state index >= 15 is 0 Å². The first-order chi connectivity index (χ1) is 4.72. The average Bonchev–Trinajstić information content (AvgIpc) is 1.89. The van der Waals surface area contributed by atoms with Gasteiger partial charge < -0.3 is 0 Å². The topological polar surface area (TPSA) is 0 Å². The highest BCUT2D eigenvalue weighted by atomic mass is 79.9. The Bertz CT molecular complexity index is 69.1. The number of hydrogen-bond acceptors (Lipinski definition) is 0. The van der Waals surface area contributed by atoms with Gasteiger partial charge in [0.1, 0.15) is 0 Å². The molecule has 0 aromatic rings. The molecule has 0 aromatic heterocycles. The van der Waals surface area contributed by atoms with E-state index in [4.69, 9.17) is 0 Å². The van der Waals surface area contributed by atoms with Crippen LogP contribution in [-0.2, 0) is 0 Å². The summed E-state index contributed by atoms with van der Waals surface area (Å²) >= 11 is 3.63. The molecule has 0 heterocycles. The molecular formula is C9H19Br. The van der Waals surface area contributed by atoms with Crippen LogP contribution in [-0.4, -0.2) is 4.83 Å². The van der Waals surface area contributed by atoms with Crippen LogP contribution in [0.15, 0.2) is 0 Å². The molecule has 0 amide bonds. The van der Waals surface area contributed by atoms with Crippen LogP contribution in [0, 0.1) is 5.92 Å². The molecule has 0 aromatic carbocycles. The van der Waals surface area contributed by atoms with Crippen LogP contribution in [0.4, 0.5) is 0 Å². The van der Waals surface area contributed by atoms with Gasteiger partial charge in [0.25, 0.3) is 0 Å². The summed E-state index contributed by atoms with van der Waals surface area (Å²) in [5, 5.41) is 0. The molecule has 0 spiro atoms. The first-order valence-electron chi connectivity index (χ1n) is 4.36. The second-order valence-electron chi connectivity index (χ2n) is 2.99. The number of alkyl halides is 1. The fraction of sp³-hybridized carbons (Fsp3) is 1.00. The van der Waals surface area contributed by atoms with Gasteiger partial charge in [-0.1, -0.05) is 56.0 Å². The molecule has 0 aliphatic rings. The van der Waals surface area contributed by atoms with Gasteiger partial charge in [-0.3, -0.25) is 0 Å². The molecule has 0 rings (SSSR count). The van der Waals surface area contributed by atoms with Crippen LogP contribution in [0.1, 0.15) is 46.5 Å². The van der Waals surface area contributed by atoms with Gasteiger partial charge in [0.2, 0.25) is 0 Å². The highest BCUT2D eigenvalue weighted by molar-refractivity contribution is 9.09. The van der Waals surface area contributed by atoms with Crippen LogP contribution in [0.5, 0.6) is 0 Å². The number of unbranched alkanes of at least 4 members (excludes halogenated alkanes) is 1. The smallest absolute Gasteiger partial charge is 0.0145 e. The van der Waals surface area contributed by atoms with Crippen molar-refractivity contribution in [1.82, 2.24) is 0 Å². The number of rotatable bonds is 5. The summed E-state index contributed by atoms with van der Waals surface area (Å²) in [6.07, 6.45) is 5.41. The van der Waals surface area contributed by atoms with Gasteiger partial charge in [-0.05, 0) is 12.3 Å². The lowest BCUT2D eigenvalue weighted by atomic mass is 9.97. The Balaban J connectivity index is 3.40. The van der Waals surface area contributed by atoms with Gasteiger partial charge in [-0.25, -0.2) is 0 Å². The predicted octanol–water partition coefficient (Wildman–Crippen LogP) is 3.99. The van der Waals surface area contributed by atoms with Gasteiger partial charge in [0, 0.05) is 4.83 Å². The second kappa shape index (κ2) is 6.21. The lowest BCUT2D eigenvalue weighted by Gasteiger charge is -2.16. The van der Waals surface area contributed by atoms with Crippen LogP contribution in [0.3, 0.4) is 0 Å². The minimum atomic E-state index is 0.698. The van der Waals surface area contributed by atoms with Crippen molar-refractivity contribution in [3.8, 4) is 0 Å². The average molecular weight is 207 g/mol. The number of halogens is 1. The zero-order valence-electron chi connectivity index (χ0n) is 7.36. The maximum Gasteiger partial charge on any atom is 0.0145 e. The number of hydrogen-bond donors (Lipinski definition) is 0. The molecule has 0 radical (unpaired) electrons. The Morgan fingerprint density at radius 2 is 1.90 bits per heavy atom. The third-order valence-electron chi connectivity index (χ3n) is 2.10. The van der Waals surface area contributed by atoms with Crippen molar-refractivity contribution in [3.05, 3.63) is 0 Å². The van der Waals surface area contributed by atoms with E-state index in [0.29, 0.717) is 4.83 Å². The van der Waals surface area contributed by atoms with E-state index in [-0.39, 0.29) is 0 Å². The van der Waals surface area contributed by atoms with Gasteiger partial charge in [-0.15, -0.1) is 0 Å². The Morgan fingerprint density at radius 3 is 2.20 bits per heavy atom. The minimum absolute atomic E-state index is 0.698. The van der Waals surface area contributed by atoms with Crippen molar-refractivity contribution in [2.45, 2.75) is 51.3 Å². The summed E-state index contributed by atoms with van der Waals surface area (Å²) in [4.78, 5) is 0.698. The third kappa shape index (κ3) is 4.32. The molecular weight excluding hydrogens is 188 g/mol. The van der Waals surface area contributed by atoms with Gasteiger partial charge in [-0.2, -0.15) is 0 Å². The Morgan fingerprint density at radius 1 is 1.30 bits per heavy atom. The molecule has 1 heteroatoms. The SMILES string of the molecule is CCCCC(CC)C(C)Br. The molecule has 0 aliphatic carbocycles. The van der Waals surface area contributed by atoms with E-state index in [9.17, 15) is 0 Å². The predicted molar refractivity (Wildman–Crippen MR) is 51.7 cm³/mol. The van der Waals surface area contributed by atoms with E-state index < -0.39 is 0 Å². The molecule has 0 saturated heterocycles. The van der Waals surface area contributed by atoms with E-state index in [2.05, 4.69) is 36.7 Å². The standard InChI is InChI=1S/C9H19Br/c1-4-6-7-9(5-2)8(3)10/h8-9H,4-7H2,1-3H3. The quantitative estimate of drug-likeness (QED) is 0.598. The van der Waals surface area contributed by atoms with E-state index in [1.54, 1.807) is 0 Å². The molecule has 0 aliphatic heterocycles. The Labute approximate surface area is 73.5 Å². The van der Waals surface area contributed by atoms with Gasteiger partial charge in [0.05, 0.1) is 0 Å². The molecule has 62 valence electrons. The maximum atomic E-state index is 3.63. The zero-order chi connectivity index (χ0) is 7.98. The maximum absolute atomic E-state index is 3.63. The van der Waals surface area contributed by atoms with Gasteiger partial charge in [0.15, 0.2) is 0 Å². The summed E-state index contributed by atoms with van der Waals surface area (Å²) in [6, 6.07) is 0. The first kappa shape index (κ1) is 10.5. The largest absolute Gasteiger partial charge is 0.0891 e. The third-order valence-corrected chi connectivity index (χ3v) is 2.85. The zero-order valence-corrected chi connectivity index (χ0v) is 8.95. The molecule has 0 fully saturated rings. The Hall–Kier alpha value is 0.480. The fourth-order valence-corrected chi connectivity index (χ4v) is 1.86. The summed E-state index contributed by atoms with van der Waals surface area (Å²) in [6.45, 7) is 6.79. The molecule has 0 bridgehead atoms. The van der Waals surface area contributed by atoms with Crippen molar-refractivity contribution in [3.63, 3.8) is 0 Å². The fourth-order valence-electron chi connectivity index (χ4n) is 1.22. The van der Waals surface area contributed by atoms with E-state index in [1.165, 1.54) is 25.7 Å². The van der Waals surface area contributed by atoms with Crippen LogP contribution in [0.2, 0.25) is 0 Å². The first-order valence-corrected chi connectivity index (χ1v) is 5.28. The second-order valence-corrected chi connectivity index (χ2v) is 4.43. The molecule has 0 saturated carbocycles. The van der Waals surface area contributed by atoms with Crippen LogP contribution in [0.25, 0.3) is 0 Å². The van der Waals surface area contributed by atoms with Crippen molar-refractivity contribution < 1.29 is 0 Å². The van der Waals surface area contributed by atoms with Crippen molar-refractivity contribution in [2.24, 2.45) is 5.92 Å². The lowest BCUT2D eigenvalue weighted by molar-refractivity contribution is 0.453. The van der Waals surface area contributed by atoms with Crippen molar-refractivity contribution in [2.75, 3.05) is 0 Å². The summed E-state index contributed by atoms with van der Waals surface area (Å²) < 4.78 is 0. The molecule has 2 unspecified atom stereocenters. The monoisotopic (exact) mass is 206 g/mol.